The molecule has 1 atom stereocenters. The summed E-state index contributed by atoms with van der Waals surface area (Å²) in [4.78, 5) is 14.0. The molecule has 0 radical (unpaired) electrons. The zero-order chi connectivity index (χ0) is 16.5. The van der Waals surface area contributed by atoms with Crippen molar-refractivity contribution >= 4 is 11.6 Å². The van der Waals surface area contributed by atoms with Crippen LogP contribution in [0.4, 0.5) is 5.69 Å². The average molecular weight is 320 g/mol. The summed E-state index contributed by atoms with van der Waals surface area (Å²) in [5, 5.41) is 10.1. The Balaban J connectivity index is 1.76. The minimum absolute atomic E-state index is 0.234. The van der Waals surface area contributed by atoms with E-state index in [9.17, 15) is 5.11 Å². The number of hydrogen-bond acceptors (Lipinski definition) is 4. The van der Waals surface area contributed by atoms with Crippen molar-refractivity contribution in [2.45, 2.75) is 25.4 Å². The summed E-state index contributed by atoms with van der Waals surface area (Å²) in [5.41, 5.74) is 3.68. The first-order valence-corrected chi connectivity index (χ1v) is 8.24. The minimum atomic E-state index is -0.499. The molecule has 0 bridgehead atoms. The van der Waals surface area contributed by atoms with E-state index in [1.165, 1.54) is 19.3 Å². The van der Waals surface area contributed by atoms with Gasteiger partial charge in [0.15, 0.2) is 0 Å². The highest BCUT2D eigenvalue weighted by molar-refractivity contribution is 5.81. The number of hydroxylamine groups is 1. The zero-order valence-corrected chi connectivity index (χ0v) is 14.1. The molecule has 1 aliphatic rings. The van der Waals surface area contributed by atoms with E-state index in [0.29, 0.717) is 12.5 Å². The molecular weight excluding hydrogens is 292 g/mol. The van der Waals surface area contributed by atoms with Gasteiger partial charge in [0.05, 0.1) is 11.8 Å². The van der Waals surface area contributed by atoms with Crippen LogP contribution >= 0.6 is 0 Å². The van der Waals surface area contributed by atoms with Crippen LogP contribution in [0, 0.1) is 0 Å². The lowest BCUT2D eigenvalue weighted by molar-refractivity contribution is -0.0122. The summed E-state index contributed by atoms with van der Waals surface area (Å²) >= 11 is 0. The predicted octanol–water partition coefficient (Wildman–Crippen LogP) is 1.60. The van der Waals surface area contributed by atoms with Crippen LogP contribution < -0.4 is 5.48 Å². The lowest BCUT2D eigenvalue weighted by Crippen LogP contribution is -2.41. The highest BCUT2D eigenvalue weighted by Gasteiger charge is 2.15. The molecule has 0 aromatic heterocycles. The number of aliphatic hydroxyl groups is 1. The summed E-state index contributed by atoms with van der Waals surface area (Å²) < 4.78 is 0. The largest absolute Gasteiger partial charge is 0.389 e. The number of aliphatic imine (C=N–C) groups is 1. The molecule has 1 aliphatic heterocycles. The summed E-state index contributed by atoms with van der Waals surface area (Å²) in [6.07, 6.45) is 3.24. The molecule has 1 saturated heterocycles. The molecule has 128 valence electrons. The fourth-order valence-corrected chi connectivity index (χ4v) is 2.53. The Morgan fingerprint density at radius 3 is 2.61 bits per heavy atom. The molecule has 0 spiro atoms. The molecule has 2 N–H and O–H groups in total. The molecule has 23 heavy (non-hydrogen) atoms. The molecule has 1 unspecified atom stereocenters. The Hall–Kier alpha value is -1.63. The summed E-state index contributed by atoms with van der Waals surface area (Å²) in [7, 11) is 3.78. The molecule has 1 fully saturated rings. The third kappa shape index (κ3) is 6.56. The number of rotatable bonds is 6. The van der Waals surface area contributed by atoms with Crippen LogP contribution in [0.1, 0.15) is 19.3 Å². The van der Waals surface area contributed by atoms with Crippen LogP contribution in [0.3, 0.4) is 0 Å². The number of benzene rings is 1. The van der Waals surface area contributed by atoms with Crippen molar-refractivity contribution in [3.63, 3.8) is 0 Å². The second kappa shape index (κ2) is 9.50. The SMILES string of the molecule is CN(C)C(=Nc1ccccc1)NOCC(O)CN1CCCCC1. The first-order valence-electron chi connectivity index (χ1n) is 8.24. The van der Waals surface area contributed by atoms with Crippen molar-refractivity contribution in [1.82, 2.24) is 15.3 Å². The number of likely N-dealkylation sites (tertiary alicyclic amines) is 1. The minimum Gasteiger partial charge on any atom is -0.389 e. The van der Waals surface area contributed by atoms with Crippen LogP contribution in [0.15, 0.2) is 35.3 Å². The van der Waals surface area contributed by atoms with Crippen molar-refractivity contribution in [2.24, 2.45) is 4.99 Å². The normalized spacial score (nSPS) is 17.8. The highest BCUT2D eigenvalue weighted by atomic mass is 16.7. The summed E-state index contributed by atoms with van der Waals surface area (Å²) in [5.74, 6) is 0.598. The maximum atomic E-state index is 10.1. The van der Waals surface area contributed by atoms with Crippen molar-refractivity contribution in [1.29, 1.82) is 0 Å². The molecule has 6 nitrogen and oxygen atoms in total. The van der Waals surface area contributed by atoms with E-state index in [2.05, 4.69) is 15.4 Å². The highest BCUT2D eigenvalue weighted by Crippen LogP contribution is 2.10. The lowest BCUT2D eigenvalue weighted by atomic mass is 10.1. The monoisotopic (exact) mass is 320 g/mol. The van der Waals surface area contributed by atoms with Crippen molar-refractivity contribution < 1.29 is 9.94 Å². The van der Waals surface area contributed by atoms with Crippen molar-refractivity contribution in [2.75, 3.05) is 40.3 Å². The van der Waals surface area contributed by atoms with E-state index in [0.717, 1.165) is 18.8 Å². The third-order valence-corrected chi connectivity index (χ3v) is 3.77. The van der Waals surface area contributed by atoms with Gasteiger partial charge in [-0.1, -0.05) is 24.6 Å². The fourth-order valence-electron chi connectivity index (χ4n) is 2.53. The molecule has 1 aromatic rings. The third-order valence-electron chi connectivity index (χ3n) is 3.77. The molecule has 0 aliphatic carbocycles. The van der Waals surface area contributed by atoms with Gasteiger partial charge in [-0.25, -0.2) is 10.5 Å². The molecule has 1 heterocycles. The number of piperidine rings is 1. The smallest absolute Gasteiger partial charge is 0.223 e. The van der Waals surface area contributed by atoms with E-state index < -0.39 is 6.10 Å². The Morgan fingerprint density at radius 1 is 1.26 bits per heavy atom. The maximum Gasteiger partial charge on any atom is 0.223 e. The average Bonchev–Trinajstić information content (AvgIpc) is 2.55. The summed E-state index contributed by atoms with van der Waals surface area (Å²) in [6.45, 7) is 3.04. The van der Waals surface area contributed by atoms with Crippen LogP contribution in [0.25, 0.3) is 0 Å². The Labute approximate surface area is 138 Å². The van der Waals surface area contributed by atoms with Crippen LogP contribution in [-0.2, 0) is 4.84 Å². The number of nitrogens with zero attached hydrogens (tertiary/aromatic N) is 3. The quantitative estimate of drug-likeness (QED) is 0.474. The molecular formula is C17H28N4O2. The molecule has 0 amide bonds. The van der Waals surface area contributed by atoms with E-state index in [1.807, 2.05) is 49.3 Å². The Kier molecular flexibility index (Phi) is 7.32. The topological polar surface area (TPSA) is 60.3 Å². The number of aliphatic hydroxyl groups excluding tert-OH is 1. The van der Waals surface area contributed by atoms with Gasteiger partial charge < -0.3 is 14.9 Å². The van der Waals surface area contributed by atoms with Gasteiger partial charge in [-0.3, -0.25) is 4.84 Å². The number of β-amino-alcohol motifs (C(OH)–C–C–N with tert-alkyl or cyclic N) is 1. The number of hydrogen-bond donors (Lipinski definition) is 2. The van der Waals surface area contributed by atoms with Crippen LogP contribution in [-0.4, -0.2) is 67.3 Å². The van der Waals surface area contributed by atoms with E-state index >= 15 is 0 Å². The second-order valence-corrected chi connectivity index (χ2v) is 6.09. The van der Waals surface area contributed by atoms with Gasteiger partial charge in [0.2, 0.25) is 5.96 Å². The first-order chi connectivity index (χ1) is 11.1. The van der Waals surface area contributed by atoms with E-state index in [4.69, 9.17) is 4.84 Å². The standard InChI is InChI=1S/C17H28N4O2/c1-20(2)17(18-15-9-5-3-6-10-15)19-23-14-16(22)13-21-11-7-4-8-12-21/h3,5-6,9-10,16,22H,4,7-8,11-14H2,1-2H3,(H,18,19). The van der Waals surface area contributed by atoms with Gasteiger partial charge in [-0.2, -0.15) is 0 Å². The summed E-state index contributed by atoms with van der Waals surface area (Å²) in [6, 6.07) is 9.69. The predicted molar refractivity (Wildman–Crippen MR) is 92.6 cm³/mol. The number of guanidine groups is 1. The molecule has 2 rings (SSSR count). The van der Waals surface area contributed by atoms with Crippen LogP contribution in [0.2, 0.25) is 0 Å². The Bertz CT molecular complexity index is 473. The molecule has 6 heteroatoms. The van der Waals surface area contributed by atoms with Crippen LogP contribution in [0.5, 0.6) is 0 Å². The van der Waals surface area contributed by atoms with Gasteiger partial charge in [0, 0.05) is 20.6 Å². The van der Waals surface area contributed by atoms with Gasteiger partial charge in [-0.05, 0) is 38.1 Å². The number of para-hydroxylation sites is 1. The molecule has 1 aromatic carbocycles. The van der Waals surface area contributed by atoms with Crippen molar-refractivity contribution in [3.8, 4) is 0 Å². The lowest BCUT2D eigenvalue weighted by Gasteiger charge is -2.28. The number of nitrogens with one attached hydrogen (secondary N) is 1. The van der Waals surface area contributed by atoms with E-state index in [1.54, 1.807) is 0 Å². The van der Waals surface area contributed by atoms with Gasteiger partial charge in [-0.15, -0.1) is 0 Å². The maximum absolute atomic E-state index is 10.1. The molecule has 0 saturated carbocycles. The first kappa shape index (κ1) is 17.7. The second-order valence-electron chi connectivity index (χ2n) is 6.09. The zero-order valence-electron chi connectivity index (χ0n) is 14.1. The van der Waals surface area contributed by atoms with E-state index in [-0.39, 0.29) is 6.61 Å². The van der Waals surface area contributed by atoms with Crippen molar-refractivity contribution in [3.05, 3.63) is 30.3 Å². The van der Waals surface area contributed by atoms with Gasteiger partial charge in [0.25, 0.3) is 0 Å². The Morgan fingerprint density at radius 2 is 1.96 bits per heavy atom. The van der Waals surface area contributed by atoms with Gasteiger partial charge >= 0.3 is 0 Å². The van der Waals surface area contributed by atoms with Gasteiger partial charge in [0.1, 0.15) is 6.61 Å². The fraction of sp³-hybridized carbons (Fsp3) is 0.588.